The Kier molecular flexibility index (Phi) is 3.58. The average molecular weight is 304 g/mol. The molecule has 0 saturated heterocycles. The maximum absolute atomic E-state index is 12.6. The van der Waals surface area contributed by atoms with Crippen LogP contribution < -0.4 is 0 Å². The van der Waals surface area contributed by atoms with E-state index in [1.165, 1.54) is 12.4 Å². The van der Waals surface area contributed by atoms with Gasteiger partial charge in [0.2, 0.25) is 5.28 Å². The number of nitrogens with zero attached hydrogens (tertiary/aromatic N) is 3. The molecule has 5 nitrogen and oxygen atoms in total. The third-order valence-corrected chi connectivity index (χ3v) is 2.65. The Labute approximate surface area is 115 Å². The van der Waals surface area contributed by atoms with Gasteiger partial charge in [0, 0.05) is 24.0 Å². The Morgan fingerprint density at radius 1 is 1.20 bits per heavy atom. The molecule has 0 fully saturated rings. The van der Waals surface area contributed by atoms with Crippen LogP contribution in [-0.4, -0.2) is 14.9 Å². The van der Waals surface area contributed by atoms with Crippen LogP contribution >= 0.6 is 11.6 Å². The van der Waals surface area contributed by atoms with Gasteiger partial charge in [-0.05, 0) is 23.7 Å². The van der Waals surface area contributed by atoms with Crippen LogP contribution in [0.15, 0.2) is 30.6 Å². The zero-order chi connectivity index (χ0) is 14.9. The predicted molar refractivity (Wildman–Crippen MR) is 64.1 cm³/mol. The first-order valence-corrected chi connectivity index (χ1v) is 5.50. The zero-order valence-corrected chi connectivity index (χ0v) is 10.3. The van der Waals surface area contributed by atoms with Gasteiger partial charge in [0.05, 0.1) is 16.1 Å². The van der Waals surface area contributed by atoms with E-state index < -0.39 is 22.4 Å². The van der Waals surface area contributed by atoms with Crippen molar-refractivity contribution < 1.29 is 18.1 Å². The molecule has 0 atom stereocenters. The maximum Gasteiger partial charge on any atom is 0.416 e. The van der Waals surface area contributed by atoms with Crippen molar-refractivity contribution in [2.45, 2.75) is 6.18 Å². The Morgan fingerprint density at radius 3 is 2.30 bits per heavy atom. The quantitative estimate of drug-likeness (QED) is 0.481. The van der Waals surface area contributed by atoms with E-state index >= 15 is 0 Å². The highest BCUT2D eigenvalue weighted by Gasteiger charge is 2.33. The highest BCUT2D eigenvalue weighted by atomic mass is 35.5. The largest absolute Gasteiger partial charge is 0.416 e. The number of halogens is 4. The smallest absolute Gasteiger partial charge is 0.258 e. The molecule has 0 N–H and O–H groups in total. The van der Waals surface area contributed by atoms with Crippen molar-refractivity contribution in [2.75, 3.05) is 0 Å². The molecule has 20 heavy (non-hydrogen) atoms. The normalized spacial score (nSPS) is 11.4. The molecule has 1 heterocycles. The Hall–Kier alpha value is -2.22. The molecule has 104 valence electrons. The van der Waals surface area contributed by atoms with Crippen LogP contribution in [0.5, 0.6) is 0 Å². The van der Waals surface area contributed by atoms with Crippen molar-refractivity contribution in [3.05, 3.63) is 51.6 Å². The van der Waals surface area contributed by atoms with Crippen LogP contribution in [0, 0.1) is 10.1 Å². The van der Waals surface area contributed by atoms with Crippen molar-refractivity contribution in [2.24, 2.45) is 0 Å². The van der Waals surface area contributed by atoms with Crippen LogP contribution in [-0.2, 0) is 6.18 Å². The molecule has 0 spiro atoms. The average Bonchev–Trinajstić information content (AvgIpc) is 2.38. The maximum atomic E-state index is 12.6. The first-order chi connectivity index (χ1) is 9.29. The van der Waals surface area contributed by atoms with Crippen LogP contribution in [0.4, 0.5) is 18.9 Å². The lowest BCUT2D eigenvalue weighted by atomic mass is 10.0. The highest BCUT2D eigenvalue weighted by Crippen LogP contribution is 2.36. The Morgan fingerprint density at radius 2 is 1.80 bits per heavy atom. The SMILES string of the molecule is O=[N+]([O-])c1cc(C(F)(F)F)ccc1-c1cnc(Cl)nc1. The van der Waals surface area contributed by atoms with Gasteiger partial charge in [0.25, 0.3) is 5.69 Å². The molecule has 0 unspecified atom stereocenters. The summed E-state index contributed by atoms with van der Waals surface area (Å²) in [5.41, 5.74) is -1.58. The summed E-state index contributed by atoms with van der Waals surface area (Å²) in [6.45, 7) is 0. The molecule has 0 bridgehead atoms. The molecule has 2 aromatic rings. The molecule has 2 rings (SSSR count). The first-order valence-electron chi connectivity index (χ1n) is 5.12. The Bertz CT molecular complexity index is 659. The molecule has 9 heteroatoms. The Balaban J connectivity index is 2.59. The van der Waals surface area contributed by atoms with E-state index in [-0.39, 0.29) is 16.4 Å². The van der Waals surface area contributed by atoms with Gasteiger partial charge in [-0.3, -0.25) is 10.1 Å². The molecular formula is C11H5ClF3N3O2. The number of rotatable bonds is 2. The summed E-state index contributed by atoms with van der Waals surface area (Å²) >= 11 is 5.48. The summed E-state index contributed by atoms with van der Waals surface area (Å²) in [5, 5.41) is 10.8. The van der Waals surface area contributed by atoms with E-state index in [2.05, 4.69) is 9.97 Å². The lowest BCUT2D eigenvalue weighted by molar-refractivity contribution is -0.384. The topological polar surface area (TPSA) is 68.9 Å². The number of nitro groups is 1. The van der Waals surface area contributed by atoms with Crippen molar-refractivity contribution in [1.29, 1.82) is 0 Å². The predicted octanol–water partition coefficient (Wildman–Crippen LogP) is 3.72. The van der Waals surface area contributed by atoms with Gasteiger partial charge < -0.3 is 0 Å². The van der Waals surface area contributed by atoms with Crippen LogP contribution in [0.1, 0.15) is 5.56 Å². The second kappa shape index (κ2) is 5.04. The lowest BCUT2D eigenvalue weighted by Crippen LogP contribution is -2.06. The van der Waals surface area contributed by atoms with Crippen LogP contribution in [0.3, 0.4) is 0 Å². The number of nitro benzene ring substituents is 1. The minimum atomic E-state index is -4.65. The summed E-state index contributed by atoms with van der Waals surface area (Å²) in [4.78, 5) is 17.3. The standard InChI is InChI=1S/C11H5ClF3N3O2/c12-10-16-4-6(5-17-10)8-2-1-7(11(13,14)15)3-9(8)18(19)20/h1-5H. The minimum Gasteiger partial charge on any atom is -0.258 e. The molecule has 0 aliphatic rings. The highest BCUT2D eigenvalue weighted by molar-refractivity contribution is 6.28. The zero-order valence-electron chi connectivity index (χ0n) is 9.56. The molecule has 0 amide bonds. The van der Waals surface area contributed by atoms with Crippen LogP contribution in [0.25, 0.3) is 11.1 Å². The summed E-state index contributed by atoms with van der Waals surface area (Å²) < 4.78 is 37.7. The molecule has 0 radical (unpaired) electrons. The fourth-order valence-electron chi connectivity index (χ4n) is 1.55. The number of benzene rings is 1. The van der Waals surface area contributed by atoms with Gasteiger partial charge in [-0.2, -0.15) is 13.2 Å². The number of hydrogen-bond acceptors (Lipinski definition) is 4. The van der Waals surface area contributed by atoms with Gasteiger partial charge in [0.1, 0.15) is 0 Å². The molecule has 1 aromatic carbocycles. The van der Waals surface area contributed by atoms with Crippen molar-refractivity contribution in [3.63, 3.8) is 0 Å². The van der Waals surface area contributed by atoms with E-state index in [1.54, 1.807) is 0 Å². The first kappa shape index (κ1) is 14.2. The fraction of sp³-hybridized carbons (Fsp3) is 0.0909. The van der Waals surface area contributed by atoms with E-state index in [4.69, 9.17) is 11.6 Å². The van der Waals surface area contributed by atoms with Gasteiger partial charge in [0.15, 0.2) is 0 Å². The van der Waals surface area contributed by atoms with Gasteiger partial charge in [-0.15, -0.1) is 0 Å². The lowest BCUT2D eigenvalue weighted by Gasteiger charge is -2.08. The second-order valence-corrected chi connectivity index (χ2v) is 4.07. The van der Waals surface area contributed by atoms with E-state index in [0.717, 1.165) is 12.1 Å². The summed E-state index contributed by atoms with van der Waals surface area (Å²) in [6.07, 6.45) is -2.25. The van der Waals surface area contributed by atoms with Gasteiger partial charge in [-0.25, -0.2) is 9.97 Å². The number of alkyl halides is 3. The number of hydrogen-bond donors (Lipinski definition) is 0. The van der Waals surface area contributed by atoms with Crippen molar-refractivity contribution >= 4 is 17.3 Å². The molecule has 0 saturated carbocycles. The summed E-state index contributed by atoms with van der Waals surface area (Å²) in [6, 6.07) is 2.24. The van der Waals surface area contributed by atoms with E-state index in [0.29, 0.717) is 6.07 Å². The monoisotopic (exact) mass is 303 g/mol. The molecule has 0 aliphatic carbocycles. The molecule has 0 aliphatic heterocycles. The summed E-state index contributed by atoms with van der Waals surface area (Å²) in [7, 11) is 0. The van der Waals surface area contributed by atoms with Gasteiger partial charge >= 0.3 is 6.18 Å². The summed E-state index contributed by atoms with van der Waals surface area (Å²) in [5.74, 6) is 0. The van der Waals surface area contributed by atoms with E-state index in [9.17, 15) is 23.3 Å². The fourth-order valence-corrected chi connectivity index (χ4v) is 1.65. The molecule has 1 aromatic heterocycles. The molecular weight excluding hydrogens is 299 g/mol. The second-order valence-electron chi connectivity index (χ2n) is 3.73. The minimum absolute atomic E-state index is 0.0142. The van der Waals surface area contributed by atoms with E-state index in [1.807, 2.05) is 0 Å². The van der Waals surface area contributed by atoms with Gasteiger partial charge in [-0.1, -0.05) is 0 Å². The number of aromatic nitrogens is 2. The van der Waals surface area contributed by atoms with Crippen molar-refractivity contribution in [1.82, 2.24) is 9.97 Å². The third kappa shape index (κ3) is 2.85. The van der Waals surface area contributed by atoms with Crippen molar-refractivity contribution in [3.8, 4) is 11.1 Å². The third-order valence-electron chi connectivity index (χ3n) is 2.45. The van der Waals surface area contributed by atoms with Crippen LogP contribution in [0.2, 0.25) is 5.28 Å².